The average Bonchev–Trinajstić information content (AvgIpc) is 2.99. The first-order valence-electron chi connectivity index (χ1n) is 7.52. The summed E-state index contributed by atoms with van der Waals surface area (Å²) >= 11 is 0. The highest BCUT2D eigenvalue weighted by molar-refractivity contribution is 5.92. The van der Waals surface area contributed by atoms with Gasteiger partial charge in [0, 0.05) is 12.1 Å². The zero-order chi connectivity index (χ0) is 15.1. The highest BCUT2D eigenvalue weighted by atomic mass is 16.5. The van der Waals surface area contributed by atoms with Gasteiger partial charge in [0.2, 0.25) is 5.91 Å². The fraction of sp³-hybridized carbons (Fsp3) is 0.471. The van der Waals surface area contributed by atoms with Crippen LogP contribution in [0.2, 0.25) is 0 Å². The van der Waals surface area contributed by atoms with Crippen LogP contribution in [0.25, 0.3) is 6.08 Å². The molecule has 1 N–H and O–H groups in total. The lowest BCUT2D eigenvalue weighted by Gasteiger charge is -2.10. The van der Waals surface area contributed by atoms with Crippen LogP contribution in [0.4, 0.5) is 0 Å². The Morgan fingerprint density at radius 2 is 2.10 bits per heavy atom. The van der Waals surface area contributed by atoms with Crippen molar-refractivity contribution in [3.05, 3.63) is 29.8 Å². The molecule has 4 heteroatoms. The molecule has 1 aliphatic rings. The first-order chi connectivity index (χ1) is 10.2. The van der Waals surface area contributed by atoms with Crippen molar-refractivity contribution in [1.82, 2.24) is 5.32 Å². The Kier molecular flexibility index (Phi) is 5.67. The van der Waals surface area contributed by atoms with E-state index < -0.39 is 0 Å². The highest BCUT2D eigenvalue weighted by Gasteiger charge is 2.15. The molecule has 21 heavy (non-hydrogen) atoms. The highest BCUT2D eigenvalue weighted by Crippen LogP contribution is 2.28. The number of benzene rings is 1. The predicted molar refractivity (Wildman–Crippen MR) is 83.6 cm³/mol. The van der Waals surface area contributed by atoms with Gasteiger partial charge in [-0.1, -0.05) is 18.9 Å². The molecule has 1 saturated carbocycles. The van der Waals surface area contributed by atoms with E-state index in [1.54, 1.807) is 19.3 Å². The van der Waals surface area contributed by atoms with E-state index in [2.05, 4.69) is 5.32 Å². The fourth-order valence-electron chi connectivity index (χ4n) is 2.55. The Morgan fingerprint density at radius 1 is 1.33 bits per heavy atom. The molecule has 0 aromatic heterocycles. The summed E-state index contributed by atoms with van der Waals surface area (Å²) in [6.07, 6.45) is 7.98. The standard InChI is InChI=1S/C17H23NO3/c1-3-21-15-10-8-13(12-16(15)20-2)9-11-17(19)18-14-6-4-5-7-14/h8-12,14H,3-7H2,1-2H3,(H,18,19)/b11-9+. The van der Waals surface area contributed by atoms with Crippen LogP contribution in [0.1, 0.15) is 38.2 Å². The summed E-state index contributed by atoms with van der Waals surface area (Å²) in [6, 6.07) is 5.98. The van der Waals surface area contributed by atoms with E-state index >= 15 is 0 Å². The summed E-state index contributed by atoms with van der Waals surface area (Å²) in [4.78, 5) is 11.8. The van der Waals surface area contributed by atoms with Crippen LogP contribution in [0.3, 0.4) is 0 Å². The van der Waals surface area contributed by atoms with E-state index in [0.717, 1.165) is 18.4 Å². The van der Waals surface area contributed by atoms with E-state index in [0.29, 0.717) is 24.1 Å². The van der Waals surface area contributed by atoms with Crippen molar-refractivity contribution in [3.63, 3.8) is 0 Å². The van der Waals surface area contributed by atoms with Gasteiger partial charge < -0.3 is 14.8 Å². The molecule has 0 aliphatic heterocycles. The number of hydrogen-bond donors (Lipinski definition) is 1. The largest absolute Gasteiger partial charge is 0.493 e. The first-order valence-corrected chi connectivity index (χ1v) is 7.52. The Morgan fingerprint density at radius 3 is 2.76 bits per heavy atom. The summed E-state index contributed by atoms with van der Waals surface area (Å²) in [7, 11) is 1.61. The minimum atomic E-state index is -0.0326. The van der Waals surface area contributed by atoms with Crippen molar-refractivity contribution in [1.29, 1.82) is 0 Å². The molecule has 1 amide bonds. The zero-order valence-electron chi connectivity index (χ0n) is 12.7. The molecule has 0 saturated heterocycles. The molecule has 1 fully saturated rings. The lowest BCUT2D eigenvalue weighted by Crippen LogP contribution is -2.30. The number of nitrogens with one attached hydrogen (secondary N) is 1. The van der Waals surface area contributed by atoms with Gasteiger partial charge in [0.05, 0.1) is 13.7 Å². The fourth-order valence-corrected chi connectivity index (χ4v) is 2.55. The average molecular weight is 289 g/mol. The molecule has 1 aromatic carbocycles. The van der Waals surface area contributed by atoms with Crippen molar-refractivity contribution in [2.75, 3.05) is 13.7 Å². The summed E-state index contributed by atoms with van der Waals surface area (Å²) in [6.45, 7) is 2.52. The molecular formula is C17H23NO3. The van der Waals surface area contributed by atoms with Crippen LogP contribution in [0.15, 0.2) is 24.3 Å². The Bertz CT molecular complexity index is 505. The molecule has 0 unspecified atom stereocenters. The van der Waals surface area contributed by atoms with Crippen molar-refractivity contribution in [3.8, 4) is 11.5 Å². The Labute approximate surface area is 126 Å². The van der Waals surface area contributed by atoms with Crippen LogP contribution >= 0.6 is 0 Å². The van der Waals surface area contributed by atoms with Gasteiger partial charge in [0.1, 0.15) is 0 Å². The normalized spacial score (nSPS) is 15.3. The third-order valence-corrected chi connectivity index (χ3v) is 3.62. The van der Waals surface area contributed by atoms with E-state index in [1.165, 1.54) is 12.8 Å². The summed E-state index contributed by atoms with van der Waals surface area (Å²) in [5.41, 5.74) is 0.914. The van der Waals surface area contributed by atoms with E-state index in [9.17, 15) is 4.79 Å². The summed E-state index contributed by atoms with van der Waals surface area (Å²) in [5.74, 6) is 1.36. The van der Waals surface area contributed by atoms with Crippen LogP contribution in [0.5, 0.6) is 11.5 Å². The Hall–Kier alpha value is -1.97. The zero-order valence-corrected chi connectivity index (χ0v) is 12.7. The second-order valence-corrected chi connectivity index (χ2v) is 5.17. The maximum Gasteiger partial charge on any atom is 0.244 e. The minimum Gasteiger partial charge on any atom is -0.493 e. The molecule has 0 heterocycles. The third kappa shape index (κ3) is 4.52. The second kappa shape index (κ2) is 7.72. The van der Waals surface area contributed by atoms with Gasteiger partial charge in [0.25, 0.3) is 0 Å². The van der Waals surface area contributed by atoms with Crippen molar-refractivity contribution in [2.45, 2.75) is 38.6 Å². The van der Waals surface area contributed by atoms with Crippen LogP contribution in [-0.2, 0) is 4.79 Å². The smallest absolute Gasteiger partial charge is 0.244 e. The molecule has 0 atom stereocenters. The number of amides is 1. The summed E-state index contributed by atoms with van der Waals surface area (Å²) in [5, 5.41) is 3.03. The molecule has 0 spiro atoms. The lowest BCUT2D eigenvalue weighted by atomic mass is 10.2. The van der Waals surface area contributed by atoms with Crippen LogP contribution < -0.4 is 14.8 Å². The van der Waals surface area contributed by atoms with Gasteiger partial charge in [-0.2, -0.15) is 0 Å². The topological polar surface area (TPSA) is 47.6 Å². The van der Waals surface area contributed by atoms with E-state index in [1.807, 2.05) is 25.1 Å². The number of rotatable bonds is 6. The molecule has 4 nitrogen and oxygen atoms in total. The quantitative estimate of drug-likeness (QED) is 0.818. The van der Waals surface area contributed by atoms with Gasteiger partial charge in [0.15, 0.2) is 11.5 Å². The van der Waals surface area contributed by atoms with Crippen LogP contribution in [-0.4, -0.2) is 25.7 Å². The van der Waals surface area contributed by atoms with Gasteiger partial charge >= 0.3 is 0 Å². The molecule has 114 valence electrons. The maximum atomic E-state index is 11.8. The monoisotopic (exact) mass is 289 g/mol. The second-order valence-electron chi connectivity index (χ2n) is 5.17. The van der Waals surface area contributed by atoms with Gasteiger partial charge in [-0.15, -0.1) is 0 Å². The SMILES string of the molecule is CCOc1ccc(/C=C/C(=O)NC2CCCC2)cc1OC. The molecular weight excluding hydrogens is 266 g/mol. The summed E-state index contributed by atoms with van der Waals surface area (Å²) < 4.78 is 10.8. The molecule has 1 aliphatic carbocycles. The third-order valence-electron chi connectivity index (χ3n) is 3.62. The number of hydrogen-bond acceptors (Lipinski definition) is 3. The maximum absolute atomic E-state index is 11.8. The predicted octanol–water partition coefficient (Wildman–Crippen LogP) is 3.17. The van der Waals surface area contributed by atoms with Crippen molar-refractivity contribution >= 4 is 12.0 Å². The van der Waals surface area contributed by atoms with Crippen molar-refractivity contribution in [2.24, 2.45) is 0 Å². The molecule has 2 rings (SSSR count). The Balaban J connectivity index is 1.97. The first kappa shape index (κ1) is 15.4. The number of ether oxygens (including phenoxy) is 2. The van der Waals surface area contributed by atoms with Gasteiger partial charge in [-0.25, -0.2) is 0 Å². The van der Waals surface area contributed by atoms with Gasteiger partial charge in [-0.05, 0) is 43.5 Å². The lowest BCUT2D eigenvalue weighted by molar-refractivity contribution is -0.117. The van der Waals surface area contributed by atoms with E-state index in [-0.39, 0.29) is 5.91 Å². The molecule has 1 aromatic rings. The molecule has 0 bridgehead atoms. The number of carbonyl (C=O) groups excluding carboxylic acids is 1. The number of carbonyl (C=O) groups is 1. The van der Waals surface area contributed by atoms with Crippen LogP contribution in [0, 0.1) is 0 Å². The van der Waals surface area contributed by atoms with E-state index in [4.69, 9.17) is 9.47 Å². The number of methoxy groups -OCH3 is 1. The van der Waals surface area contributed by atoms with Crippen molar-refractivity contribution < 1.29 is 14.3 Å². The molecule has 0 radical (unpaired) electrons. The minimum absolute atomic E-state index is 0.0326. The van der Waals surface area contributed by atoms with Gasteiger partial charge in [-0.3, -0.25) is 4.79 Å².